The van der Waals surface area contributed by atoms with Gasteiger partial charge in [-0.05, 0) is 44.7 Å². The fourth-order valence-corrected chi connectivity index (χ4v) is 3.84. The molecule has 0 aromatic carbocycles. The van der Waals surface area contributed by atoms with Crippen LogP contribution in [0.5, 0.6) is 0 Å². The summed E-state index contributed by atoms with van der Waals surface area (Å²) < 4.78 is 15.4. The van der Waals surface area contributed by atoms with Gasteiger partial charge in [0, 0.05) is 26.2 Å². The average Bonchev–Trinajstić information content (AvgIpc) is 3.32. The molecule has 30 heavy (non-hydrogen) atoms. The molecule has 2 amide bonds. The summed E-state index contributed by atoms with van der Waals surface area (Å²) in [6.07, 6.45) is 3.55. The van der Waals surface area contributed by atoms with Crippen LogP contribution in [0.15, 0.2) is 22.8 Å². The largest absolute Gasteiger partial charge is 0.466 e. The Labute approximate surface area is 175 Å². The first-order valence-corrected chi connectivity index (χ1v) is 10.4. The van der Waals surface area contributed by atoms with E-state index in [1.807, 2.05) is 0 Å². The Balaban J connectivity index is 1.36. The molecular weight excluding hydrogens is 392 g/mol. The highest BCUT2D eigenvalue weighted by molar-refractivity contribution is 5.91. The molecule has 0 unspecified atom stereocenters. The third-order valence-electron chi connectivity index (χ3n) is 5.65. The number of ether oxygens (including phenoxy) is 2. The van der Waals surface area contributed by atoms with Gasteiger partial charge in [-0.1, -0.05) is 0 Å². The van der Waals surface area contributed by atoms with Gasteiger partial charge < -0.3 is 23.7 Å². The Kier molecular flexibility index (Phi) is 7.48. The summed E-state index contributed by atoms with van der Waals surface area (Å²) in [6.45, 7) is 3.60. The smallest absolute Gasteiger partial charge is 0.309 e. The monoisotopic (exact) mass is 420 g/mol. The highest BCUT2D eigenvalue weighted by Gasteiger charge is 2.31. The standard InChI is InChI=1S/C21H28N2O7/c1-2-28-20(26)15-5-9-22(10-6-15)18(24)14-30-21(27)16-7-11-23(12-8-16)19(25)17-4-3-13-29-17/h3-4,13,15-16H,2,5-12,14H2,1H3. The molecule has 2 saturated heterocycles. The van der Waals surface area contributed by atoms with Crippen molar-refractivity contribution in [1.82, 2.24) is 9.80 Å². The van der Waals surface area contributed by atoms with E-state index >= 15 is 0 Å². The maximum Gasteiger partial charge on any atom is 0.309 e. The zero-order valence-electron chi connectivity index (χ0n) is 17.2. The van der Waals surface area contributed by atoms with E-state index < -0.39 is 5.97 Å². The van der Waals surface area contributed by atoms with E-state index in [1.54, 1.807) is 28.9 Å². The second-order valence-electron chi connectivity index (χ2n) is 7.56. The number of furan rings is 1. The summed E-state index contributed by atoms with van der Waals surface area (Å²) in [7, 11) is 0. The normalized spacial score (nSPS) is 18.2. The van der Waals surface area contributed by atoms with E-state index in [4.69, 9.17) is 13.9 Å². The topological polar surface area (TPSA) is 106 Å². The summed E-state index contributed by atoms with van der Waals surface area (Å²) in [4.78, 5) is 52.0. The Bertz CT molecular complexity index is 745. The van der Waals surface area contributed by atoms with Crippen molar-refractivity contribution in [3.63, 3.8) is 0 Å². The van der Waals surface area contributed by atoms with E-state index in [-0.39, 0.29) is 42.0 Å². The average molecular weight is 420 g/mol. The van der Waals surface area contributed by atoms with Gasteiger partial charge in [-0.3, -0.25) is 19.2 Å². The minimum absolute atomic E-state index is 0.175. The van der Waals surface area contributed by atoms with E-state index in [2.05, 4.69) is 0 Å². The number of hydrogen-bond donors (Lipinski definition) is 0. The third kappa shape index (κ3) is 5.40. The molecule has 2 aliphatic rings. The molecule has 0 saturated carbocycles. The molecule has 0 atom stereocenters. The Morgan fingerprint density at radius 1 is 0.933 bits per heavy atom. The molecule has 1 aromatic heterocycles. The molecule has 1 aromatic rings. The van der Waals surface area contributed by atoms with Crippen molar-refractivity contribution >= 4 is 23.8 Å². The second kappa shape index (κ2) is 10.3. The highest BCUT2D eigenvalue weighted by Crippen LogP contribution is 2.21. The number of carbonyl (C=O) groups excluding carboxylic acids is 4. The molecule has 9 heteroatoms. The van der Waals surface area contributed by atoms with Gasteiger partial charge in [0.1, 0.15) is 0 Å². The fraction of sp³-hybridized carbons (Fsp3) is 0.619. The summed E-state index contributed by atoms with van der Waals surface area (Å²) >= 11 is 0. The molecule has 2 fully saturated rings. The zero-order valence-corrected chi connectivity index (χ0v) is 17.2. The highest BCUT2D eigenvalue weighted by atomic mass is 16.5. The van der Waals surface area contributed by atoms with Gasteiger partial charge in [0.05, 0.1) is 24.7 Å². The number of esters is 2. The van der Waals surface area contributed by atoms with Crippen LogP contribution in [0.3, 0.4) is 0 Å². The molecule has 9 nitrogen and oxygen atoms in total. The molecule has 0 spiro atoms. The lowest BCUT2D eigenvalue weighted by atomic mass is 9.96. The first-order valence-electron chi connectivity index (χ1n) is 10.4. The van der Waals surface area contributed by atoms with Gasteiger partial charge in [-0.25, -0.2) is 0 Å². The number of rotatable bonds is 6. The quantitative estimate of drug-likeness (QED) is 0.642. The molecular formula is C21H28N2O7. The Morgan fingerprint density at radius 2 is 1.50 bits per heavy atom. The van der Waals surface area contributed by atoms with Crippen molar-refractivity contribution in [2.75, 3.05) is 39.4 Å². The van der Waals surface area contributed by atoms with Crippen LogP contribution in [0, 0.1) is 11.8 Å². The molecule has 164 valence electrons. The van der Waals surface area contributed by atoms with Crippen molar-refractivity contribution < 1.29 is 33.1 Å². The first kappa shape index (κ1) is 21.9. The number of amides is 2. The lowest BCUT2D eigenvalue weighted by Gasteiger charge is -2.32. The lowest BCUT2D eigenvalue weighted by Crippen LogP contribution is -2.43. The molecule has 3 rings (SSSR count). The van der Waals surface area contributed by atoms with Gasteiger partial charge in [0.2, 0.25) is 0 Å². The Hall–Kier alpha value is -2.84. The van der Waals surface area contributed by atoms with Crippen LogP contribution in [0.1, 0.15) is 43.2 Å². The third-order valence-corrected chi connectivity index (χ3v) is 5.65. The molecule has 3 heterocycles. The molecule has 0 bridgehead atoms. The minimum Gasteiger partial charge on any atom is -0.466 e. The van der Waals surface area contributed by atoms with Crippen LogP contribution < -0.4 is 0 Å². The van der Waals surface area contributed by atoms with Crippen LogP contribution in [0.4, 0.5) is 0 Å². The van der Waals surface area contributed by atoms with Crippen molar-refractivity contribution in [3.05, 3.63) is 24.2 Å². The molecule has 0 radical (unpaired) electrons. The number of hydrogen-bond acceptors (Lipinski definition) is 7. The minimum atomic E-state index is -0.408. The van der Waals surface area contributed by atoms with Crippen LogP contribution in [-0.2, 0) is 23.9 Å². The maximum atomic E-state index is 12.3. The Morgan fingerprint density at radius 3 is 2.03 bits per heavy atom. The van der Waals surface area contributed by atoms with Gasteiger partial charge in [0.15, 0.2) is 12.4 Å². The maximum absolute atomic E-state index is 12.3. The van der Waals surface area contributed by atoms with Crippen molar-refractivity contribution in [3.8, 4) is 0 Å². The second-order valence-corrected chi connectivity index (χ2v) is 7.56. The molecule has 0 N–H and O–H groups in total. The SMILES string of the molecule is CCOC(=O)C1CCN(C(=O)COC(=O)C2CCN(C(=O)c3ccco3)CC2)CC1. The van der Waals surface area contributed by atoms with E-state index in [9.17, 15) is 19.2 Å². The summed E-state index contributed by atoms with van der Waals surface area (Å²) in [5, 5.41) is 0. The van der Waals surface area contributed by atoms with Crippen molar-refractivity contribution in [2.45, 2.75) is 32.6 Å². The summed E-state index contributed by atoms with van der Waals surface area (Å²) in [5.41, 5.74) is 0. The van der Waals surface area contributed by atoms with Crippen LogP contribution in [0.2, 0.25) is 0 Å². The van der Waals surface area contributed by atoms with Crippen molar-refractivity contribution in [1.29, 1.82) is 0 Å². The number of carbonyl (C=O) groups is 4. The predicted octanol–water partition coefficient (Wildman–Crippen LogP) is 1.48. The van der Waals surface area contributed by atoms with Gasteiger partial charge >= 0.3 is 11.9 Å². The zero-order chi connectivity index (χ0) is 21.5. The van der Waals surface area contributed by atoms with Crippen LogP contribution in [-0.4, -0.2) is 72.9 Å². The number of likely N-dealkylation sites (tertiary alicyclic amines) is 2. The van der Waals surface area contributed by atoms with E-state index in [0.717, 1.165) is 0 Å². The van der Waals surface area contributed by atoms with Gasteiger partial charge in [-0.2, -0.15) is 0 Å². The predicted molar refractivity (Wildman–Crippen MR) is 104 cm³/mol. The first-order chi connectivity index (χ1) is 14.5. The van der Waals surface area contributed by atoms with Crippen LogP contribution >= 0.6 is 0 Å². The van der Waals surface area contributed by atoms with Crippen LogP contribution in [0.25, 0.3) is 0 Å². The molecule has 0 aliphatic carbocycles. The number of nitrogens with zero attached hydrogens (tertiary/aromatic N) is 2. The summed E-state index contributed by atoms with van der Waals surface area (Å²) in [5.74, 6) is -1.28. The van der Waals surface area contributed by atoms with E-state index in [1.165, 1.54) is 6.26 Å². The summed E-state index contributed by atoms with van der Waals surface area (Å²) in [6, 6.07) is 3.28. The van der Waals surface area contributed by atoms with E-state index in [0.29, 0.717) is 58.5 Å². The van der Waals surface area contributed by atoms with Gasteiger partial charge in [0.25, 0.3) is 11.8 Å². The lowest BCUT2D eigenvalue weighted by molar-refractivity contribution is -0.158. The molecule has 2 aliphatic heterocycles. The van der Waals surface area contributed by atoms with Gasteiger partial charge in [-0.15, -0.1) is 0 Å². The van der Waals surface area contributed by atoms with Crippen molar-refractivity contribution in [2.24, 2.45) is 11.8 Å². The number of piperidine rings is 2. The fourth-order valence-electron chi connectivity index (χ4n) is 3.84.